The van der Waals surface area contributed by atoms with Crippen molar-refractivity contribution in [2.24, 2.45) is 23.5 Å². The summed E-state index contributed by atoms with van der Waals surface area (Å²) in [5.41, 5.74) is 4.14. The van der Waals surface area contributed by atoms with Gasteiger partial charge in [0.2, 0.25) is 0 Å². The van der Waals surface area contributed by atoms with Crippen LogP contribution in [0.25, 0.3) is 0 Å². The minimum absolute atomic E-state index is 0.288. The maximum Gasteiger partial charge on any atom is 0.407 e. The molecule has 0 aliphatic rings. The van der Waals surface area contributed by atoms with Crippen molar-refractivity contribution in [1.82, 2.24) is 16.0 Å². The molecule has 0 aliphatic carbocycles. The van der Waals surface area contributed by atoms with Crippen molar-refractivity contribution in [2.45, 2.75) is 112 Å². The van der Waals surface area contributed by atoms with E-state index in [1.54, 1.807) is 41.5 Å². The number of carbonyl (C=O) groups excluding carboxylic acids is 2. The van der Waals surface area contributed by atoms with Crippen LogP contribution < -0.4 is 21.7 Å². The summed E-state index contributed by atoms with van der Waals surface area (Å²) in [7, 11) is 0. The molecule has 0 spiro atoms. The third-order valence-corrected chi connectivity index (χ3v) is 5.57. The van der Waals surface area contributed by atoms with Crippen LogP contribution in [-0.4, -0.2) is 89.3 Å². The van der Waals surface area contributed by atoms with E-state index in [1.165, 1.54) is 0 Å². The van der Waals surface area contributed by atoms with Crippen LogP contribution in [0.4, 0.5) is 9.59 Å². The zero-order valence-corrected chi connectivity index (χ0v) is 28.3. The van der Waals surface area contributed by atoms with E-state index in [-0.39, 0.29) is 17.8 Å². The zero-order chi connectivity index (χ0) is 34.9. The van der Waals surface area contributed by atoms with Gasteiger partial charge in [0.1, 0.15) is 11.2 Å². The number of aliphatic carboxylic acids is 3. The highest BCUT2D eigenvalue weighted by molar-refractivity contribution is 5.70. The van der Waals surface area contributed by atoms with Gasteiger partial charge in [0, 0.05) is 19.6 Å². The van der Waals surface area contributed by atoms with Gasteiger partial charge in [0.25, 0.3) is 0 Å². The molecule has 0 aromatic heterocycles. The Morgan fingerprint density at radius 3 is 1.39 bits per heavy atom. The predicted octanol–water partition coefficient (Wildman–Crippen LogP) is 4.06. The van der Waals surface area contributed by atoms with Crippen molar-refractivity contribution < 1.29 is 48.8 Å². The first kappa shape index (κ1) is 45.3. The molecule has 260 valence electrons. The number of nitrogens with two attached hydrogens (primary N) is 1. The second-order valence-electron chi connectivity index (χ2n) is 12.5. The van der Waals surface area contributed by atoms with Gasteiger partial charge in [-0.15, -0.1) is 0 Å². The number of carboxylic acids is 3. The number of rotatable bonds is 17. The zero-order valence-electron chi connectivity index (χ0n) is 28.3. The standard InChI is InChI=1S/C13H25NO4.C12H24N2O4.C5H11NO2/c1-10(11(15)16)8-6-5-7-9-14-12(17)18-13(2,3)4;1-9(10(15)16)5-6-13-7-8-14-11(17)18-12(2,3)4;1-4(2-3-6)5(7)8/h10H,5-9H2,1-4H3,(H,14,17)(H,15,16);9,13H,5-8H2,1-4H3,(H,14,17)(H,15,16);4H,2-3,6H2,1H3,(H,7,8)/t10-;9-;4-/m000/s1. The SMILES string of the molecule is C[C@@H](CCCCCNC(=O)OC(C)(C)C)C(=O)O.C[C@@H](CCN)C(=O)O.C[C@@H](CCNCCNC(=O)OC(C)(C)C)C(=O)O. The normalized spacial score (nSPS) is 13.0. The molecule has 0 bridgehead atoms. The number of amides is 2. The van der Waals surface area contributed by atoms with Crippen molar-refractivity contribution in [2.75, 3.05) is 32.7 Å². The molecule has 0 heterocycles. The van der Waals surface area contributed by atoms with Crippen molar-refractivity contribution in [1.29, 1.82) is 0 Å². The van der Waals surface area contributed by atoms with Gasteiger partial charge in [-0.1, -0.05) is 33.6 Å². The molecule has 0 rings (SSSR count). The second-order valence-corrected chi connectivity index (χ2v) is 12.5. The fourth-order valence-electron chi connectivity index (χ4n) is 2.89. The van der Waals surface area contributed by atoms with Crippen molar-refractivity contribution in [3.63, 3.8) is 0 Å². The number of hydrogen-bond donors (Lipinski definition) is 7. The molecule has 14 nitrogen and oxygen atoms in total. The summed E-state index contributed by atoms with van der Waals surface area (Å²) in [4.78, 5) is 53.7. The van der Waals surface area contributed by atoms with E-state index in [9.17, 15) is 24.0 Å². The summed E-state index contributed by atoms with van der Waals surface area (Å²) < 4.78 is 10.1. The van der Waals surface area contributed by atoms with E-state index in [0.29, 0.717) is 52.0 Å². The summed E-state index contributed by atoms with van der Waals surface area (Å²) in [5.74, 6) is -3.24. The molecule has 0 saturated carbocycles. The molecule has 8 N–H and O–H groups in total. The number of ether oxygens (including phenoxy) is 2. The molecule has 14 heteroatoms. The summed E-state index contributed by atoms with van der Waals surface area (Å²) in [6, 6.07) is 0. The third-order valence-electron chi connectivity index (χ3n) is 5.57. The minimum Gasteiger partial charge on any atom is -0.481 e. The van der Waals surface area contributed by atoms with Gasteiger partial charge in [-0.2, -0.15) is 0 Å². The molecule has 0 aromatic rings. The van der Waals surface area contributed by atoms with Gasteiger partial charge in [0.15, 0.2) is 0 Å². The van der Waals surface area contributed by atoms with E-state index in [4.69, 9.17) is 30.5 Å². The fraction of sp³-hybridized carbons (Fsp3) is 0.833. The lowest BCUT2D eigenvalue weighted by Crippen LogP contribution is -2.36. The number of nitrogens with one attached hydrogen (secondary N) is 3. The Labute approximate surface area is 263 Å². The molecular formula is C30H60N4O10. The van der Waals surface area contributed by atoms with Crippen molar-refractivity contribution in [3.05, 3.63) is 0 Å². The largest absolute Gasteiger partial charge is 0.481 e. The van der Waals surface area contributed by atoms with E-state index >= 15 is 0 Å². The summed E-state index contributed by atoms with van der Waals surface area (Å²) in [5, 5.41) is 34.0. The first-order chi connectivity index (χ1) is 20.1. The van der Waals surface area contributed by atoms with Crippen LogP contribution in [0.15, 0.2) is 0 Å². The number of hydrogen-bond acceptors (Lipinski definition) is 9. The molecule has 0 aliphatic heterocycles. The highest BCUT2D eigenvalue weighted by Crippen LogP contribution is 2.10. The third kappa shape index (κ3) is 35.1. The van der Waals surface area contributed by atoms with Gasteiger partial charge >= 0.3 is 30.1 Å². The van der Waals surface area contributed by atoms with Crippen molar-refractivity contribution >= 4 is 30.1 Å². The molecule has 0 fully saturated rings. The van der Waals surface area contributed by atoms with Gasteiger partial charge in [-0.05, 0) is 80.3 Å². The van der Waals surface area contributed by atoms with E-state index in [1.807, 2.05) is 20.8 Å². The first-order valence-electron chi connectivity index (χ1n) is 15.2. The second kappa shape index (κ2) is 25.2. The molecule has 44 heavy (non-hydrogen) atoms. The average molecular weight is 637 g/mol. The summed E-state index contributed by atoms with van der Waals surface area (Å²) in [6.45, 7) is 18.6. The van der Waals surface area contributed by atoms with Crippen LogP contribution in [-0.2, 0) is 23.9 Å². The van der Waals surface area contributed by atoms with Gasteiger partial charge in [-0.3, -0.25) is 14.4 Å². The summed E-state index contributed by atoms with van der Waals surface area (Å²) in [6.07, 6.45) is 3.59. The molecule has 0 aromatic carbocycles. The maximum atomic E-state index is 11.3. The van der Waals surface area contributed by atoms with Crippen LogP contribution in [0.5, 0.6) is 0 Å². The van der Waals surface area contributed by atoms with E-state index < -0.39 is 41.3 Å². The Morgan fingerprint density at radius 2 is 1.00 bits per heavy atom. The molecule has 0 radical (unpaired) electrons. The lowest BCUT2D eigenvalue weighted by molar-refractivity contribution is -0.142. The quantitative estimate of drug-likeness (QED) is 0.112. The smallest absolute Gasteiger partial charge is 0.407 e. The number of alkyl carbamates (subject to hydrolysis) is 2. The first-order valence-corrected chi connectivity index (χ1v) is 15.2. The van der Waals surface area contributed by atoms with Crippen LogP contribution >= 0.6 is 0 Å². The minimum atomic E-state index is -0.788. The molecule has 3 atom stereocenters. The lowest BCUT2D eigenvalue weighted by Gasteiger charge is -2.19. The van der Waals surface area contributed by atoms with E-state index in [0.717, 1.165) is 19.3 Å². The topological polar surface area (TPSA) is 227 Å². The lowest BCUT2D eigenvalue weighted by atomic mass is 10.0. The van der Waals surface area contributed by atoms with Gasteiger partial charge < -0.3 is 46.5 Å². The molecular weight excluding hydrogens is 576 g/mol. The Balaban J connectivity index is -0.000000616. The van der Waals surface area contributed by atoms with Gasteiger partial charge in [-0.25, -0.2) is 9.59 Å². The Hall–Kier alpha value is -3.13. The van der Waals surface area contributed by atoms with Gasteiger partial charge in [0.05, 0.1) is 17.8 Å². The predicted molar refractivity (Wildman–Crippen MR) is 168 cm³/mol. The number of carboxylic acid groups (broad SMARTS) is 3. The number of unbranched alkanes of at least 4 members (excludes halogenated alkanes) is 2. The molecule has 0 unspecified atom stereocenters. The Kier molecular flexibility index (Phi) is 26.0. The monoisotopic (exact) mass is 636 g/mol. The number of carbonyl (C=O) groups is 5. The Bertz CT molecular complexity index is 770. The fourth-order valence-corrected chi connectivity index (χ4v) is 2.89. The summed E-state index contributed by atoms with van der Waals surface area (Å²) >= 11 is 0. The van der Waals surface area contributed by atoms with Crippen LogP contribution in [0.2, 0.25) is 0 Å². The van der Waals surface area contributed by atoms with Crippen molar-refractivity contribution in [3.8, 4) is 0 Å². The van der Waals surface area contributed by atoms with E-state index in [2.05, 4.69) is 16.0 Å². The highest BCUT2D eigenvalue weighted by atomic mass is 16.6. The van der Waals surface area contributed by atoms with Crippen LogP contribution in [0, 0.1) is 17.8 Å². The van der Waals surface area contributed by atoms with Crippen LogP contribution in [0.3, 0.4) is 0 Å². The van der Waals surface area contributed by atoms with Crippen LogP contribution in [0.1, 0.15) is 101 Å². The maximum absolute atomic E-state index is 11.3. The molecule has 2 amide bonds. The molecule has 0 saturated heterocycles. The Morgan fingerprint density at radius 1 is 0.591 bits per heavy atom. The average Bonchev–Trinajstić information content (AvgIpc) is 2.86. The highest BCUT2D eigenvalue weighted by Gasteiger charge is 2.16.